The molecule has 0 aromatic carbocycles. The Morgan fingerprint density at radius 2 is 2.00 bits per heavy atom. The topological polar surface area (TPSA) is 55.8 Å². The number of aliphatic hydroxyl groups excluding tert-OH is 1. The number of carbonyl (C=O) groups is 1. The van der Waals surface area contributed by atoms with Gasteiger partial charge >= 0.3 is 5.97 Å². The molecule has 1 N–H and O–H groups in total. The highest BCUT2D eigenvalue weighted by atomic mass is 16.6. The summed E-state index contributed by atoms with van der Waals surface area (Å²) < 4.78 is 12.4. The molecule has 0 unspecified atom stereocenters. The van der Waals surface area contributed by atoms with E-state index in [0.29, 0.717) is 18.8 Å². The van der Waals surface area contributed by atoms with Crippen molar-refractivity contribution >= 4 is 5.97 Å². The summed E-state index contributed by atoms with van der Waals surface area (Å²) in [5.41, 5.74) is 1.61. The third-order valence-corrected chi connectivity index (χ3v) is 6.13. The van der Waals surface area contributed by atoms with Crippen LogP contribution >= 0.6 is 0 Å². The zero-order valence-corrected chi connectivity index (χ0v) is 17.3. The number of carbonyl (C=O) groups excluding carboxylic acids is 1. The van der Waals surface area contributed by atoms with Gasteiger partial charge in [0.2, 0.25) is 0 Å². The molecule has 0 radical (unpaired) electrons. The van der Waals surface area contributed by atoms with E-state index >= 15 is 0 Å². The Morgan fingerprint density at radius 1 is 1.31 bits per heavy atom. The summed E-state index contributed by atoms with van der Waals surface area (Å²) in [5.74, 6) is 0.102. The molecule has 2 aliphatic rings. The quantitative estimate of drug-likeness (QED) is 0.569. The number of fused-ring (bicyclic) bond motifs is 2. The van der Waals surface area contributed by atoms with Gasteiger partial charge < -0.3 is 14.6 Å². The lowest BCUT2D eigenvalue weighted by molar-refractivity contribution is -0.186. The van der Waals surface area contributed by atoms with Crippen molar-refractivity contribution < 1.29 is 19.4 Å². The molecule has 0 saturated carbocycles. The number of aliphatic hydroxyl groups is 1. The van der Waals surface area contributed by atoms with Gasteiger partial charge in [-0.25, -0.2) is 0 Å². The van der Waals surface area contributed by atoms with Gasteiger partial charge in [0.1, 0.15) is 11.7 Å². The first-order chi connectivity index (χ1) is 12.1. The third-order valence-electron chi connectivity index (χ3n) is 6.13. The molecule has 2 heterocycles. The van der Waals surface area contributed by atoms with Crippen LogP contribution in [0.2, 0.25) is 0 Å². The van der Waals surface area contributed by atoms with Crippen molar-refractivity contribution in [3.05, 3.63) is 23.3 Å². The van der Waals surface area contributed by atoms with Gasteiger partial charge in [-0.3, -0.25) is 4.79 Å². The van der Waals surface area contributed by atoms with E-state index in [1.807, 2.05) is 13.0 Å². The van der Waals surface area contributed by atoms with E-state index in [1.54, 1.807) is 0 Å². The van der Waals surface area contributed by atoms with Crippen LogP contribution in [-0.4, -0.2) is 34.5 Å². The van der Waals surface area contributed by atoms with Crippen LogP contribution in [0.1, 0.15) is 80.1 Å². The lowest BCUT2D eigenvalue weighted by Gasteiger charge is -2.39. The molecule has 4 atom stereocenters. The molecule has 1 saturated heterocycles. The lowest BCUT2D eigenvalue weighted by atomic mass is 9.82. The molecule has 4 heteroatoms. The van der Waals surface area contributed by atoms with Crippen LogP contribution in [0.25, 0.3) is 0 Å². The molecule has 2 rings (SSSR count). The lowest BCUT2D eigenvalue weighted by Crippen LogP contribution is -2.46. The van der Waals surface area contributed by atoms with E-state index in [1.165, 1.54) is 12.5 Å². The number of esters is 1. The minimum Gasteiger partial charge on any atom is -0.459 e. The van der Waals surface area contributed by atoms with E-state index in [9.17, 15) is 9.90 Å². The smallest absolute Gasteiger partial charge is 0.303 e. The largest absolute Gasteiger partial charge is 0.459 e. The maximum absolute atomic E-state index is 11.7. The molecule has 0 amide bonds. The predicted molar refractivity (Wildman–Crippen MR) is 104 cm³/mol. The van der Waals surface area contributed by atoms with Gasteiger partial charge in [-0.15, -0.1) is 0 Å². The maximum Gasteiger partial charge on any atom is 0.303 e. The predicted octanol–water partition coefficient (Wildman–Crippen LogP) is 4.71. The first-order valence-corrected chi connectivity index (χ1v) is 9.95. The Balaban J connectivity index is 2.39. The molecule has 148 valence electrons. The van der Waals surface area contributed by atoms with Crippen LogP contribution in [0, 0.1) is 5.92 Å². The summed E-state index contributed by atoms with van der Waals surface area (Å²) in [5, 5.41) is 10.3. The van der Waals surface area contributed by atoms with E-state index in [2.05, 4.69) is 33.8 Å². The highest BCUT2D eigenvalue weighted by Crippen LogP contribution is 2.48. The second-order valence-corrected chi connectivity index (χ2v) is 8.81. The highest BCUT2D eigenvalue weighted by molar-refractivity contribution is 5.66. The summed E-state index contributed by atoms with van der Waals surface area (Å²) >= 11 is 0. The van der Waals surface area contributed by atoms with Gasteiger partial charge in [-0.05, 0) is 65.2 Å². The first-order valence-electron chi connectivity index (χ1n) is 9.95. The average molecular weight is 365 g/mol. The second-order valence-electron chi connectivity index (χ2n) is 8.81. The summed E-state index contributed by atoms with van der Waals surface area (Å²) in [6, 6.07) is 0. The van der Waals surface area contributed by atoms with Crippen LogP contribution in [0.15, 0.2) is 23.3 Å². The molecule has 0 aliphatic carbocycles. The SMILES string of the molecule is CC(=O)O[C@@H]1CC/C(C)=C\[C@@H](O)C/C(C)=C/C[C@@]2(C(C)C)CC[C@@]1(C)O2. The van der Waals surface area contributed by atoms with Crippen molar-refractivity contribution in [1.82, 2.24) is 0 Å². The van der Waals surface area contributed by atoms with Crippen molar-refractivity contribution in [2.75, 3.05) is 0 Å². The van der Waals surface area contributed by atoms with Crippen molar-refractivity contribution in [1.29, 1.82) is 0 Å². The van der Waals surface area contributed by atoms with Crippen molar-refractivity contribution in [2.24, 2.45) is 5.92 Å². The number of allylic oxidation sites excluding steroid dienone is 1. The van der Waals surface area contributed by atoms with E-state index in [4.69, 9.17) is 9.47 Å². The summed E-state index contributed by atoms with van der Waals surface area (Å²) in [7, 11) is 0. The summed E-state index contributed by atoms with van der Waals surface area (Å²) in [4.78, 5) is 11.7. The zero-order chi connectivity index (χ0) is 19.5. The molecule has 0 aromatic rings. The first kappa shape index (κ1) is 21.2. The van der Waals surface area contributed by atoms with Crippen LogP contribution in [0.3, 0.4) is 0 Å². The van der Waals surface area contributed by atoms with Crippen LogP contribution < -0.4 is 0 Å². The Hall–Kier alpha value is -1.13. The molecule has 0 spiro atoms. The average Bonchev–Trinajstić information content (AvgIpc) is 2.88. The van der Waals surface area contributed by atoms with Crippen molar-refractivity contribution in [3.8, 4) is 0 Å². The zero-order valence-electron chi connectivity index (χ0n) is 17.3. The van der Waals surface area contributed by atoms with E-state index in [-0.39, 0.29) is 17.7 Å². The number of rotatable bonds is 2. The Labute approximate surface area is 158 Å². The third kappa shape index (κ3) is 4.98. The molecular weight excluding hydrogens is 328 g/mol. The minimum atomic E-state index is -0.470. The molecule has 1 fully saturated rings. The van der Waals surface area contributed by atoms with Gasteiger partial charge in [0, 0.05) is 6.92 Å². The molecule has 2 aliphatic heterocycles. The van der Waals surface area contributed by atoms with Gasteiger partial charge in [0.25, 0.3) is 0 Å². The van der Waals surface area contributed by atoms with Gasteiger partial charge in [-0.1, -0.05) is 37.1 Å². The van der Waals surface area contributed by atoms with Crippen LogP contribution in [0.5, 0.6) is 0 Å². The Morgan fingerprint density at radius 3 is 2.62 bits per heavy atom. The van der Waals surface area contributed by atoms with E-state index < -0.39 is 11.7 Å². The standard InChI is InChI=1S/C22H36O4/c1-15(2)22-10-9-17(4)14-19(24)13-16(3)7-8-20(25-18(5)23)21(6,26-22)11-12-22/h9,13,15,19-20,24H,7-8,10-12,14H2,1-6H3/b16-13-,17-9+/t19-,20-,21-,22+/m1/s1. The maximum atomic E-state index is 11.7. The molecule has 0 aromatic heterocycles. The molecular formula is C22H36O4. The Kier molecular flexibility index (Phi) is 6.73. The fourth-order valence-corrected chi connectivity index (χ4v) is 4.32. The normalized spacial score (nSPS) is 40.5. The summed E-state index contributed by atoms with van der Waals surface area (Å²) in [6.07, 6.45) is 8.23. The fraction of sp³-hybridized carbons (Fsp3) is 0.773. The fourth-order valence-electron chi connectivity index (χ4n) is 4.32. The molecule has 2 bridgehead atoms. The van der Waals surface area contributed by atoms with Gasteiger partial charge in [0.05, 0.1) is 11.7 Å². The number of hydrogen-bond acceptors (Lipinski definition) is 4. The van der Waals surface area contributed by atoms with Crippen molar-refractivity contribution in [3.63, 3.8) is 0 Å². The van der Waals surface area contributed by atoms with Crippen LogP contribution in [0.4, 0.5) is 0 Å². The van der Waals surface area contributed by atoms with Crippen molar-refractivity contribution in [2.45, 2.75) is 103 Å². The van der Waals surface area contributed by atoms with Gasteiger partial charge in [0.15, 0.2) is 0 Å². The monoisotopic (exact) mass is 364 g/mol. The number of ether oxygens (including phenoxy) is 2. The Bertz CT molecular complexity index is 577. The minimum absolute atomic E-state index is 0.240. The van der Waals surface area contributed by atoms with Crippen LogP contribution in [-0.2, 0) is 14.3 Å². The van der Waals surface area contributed by atoms with Gasteiger partial charge in [-0.2, -0.15) is 0 Å². The van der Waals surface area contributed by atoms with E-state index in [0.717, 1.165) is 31.3 Å². The number of hydrogen-bond donors (Lipinski definition) is 1. The molecule has 26 heavy (non-hydrogen) atoms. The second kappa shape index (κ2) is 8.26. The molecule has 4 nitrogen and oxygen atoms in total. The highest BCUT2D eigenvalue weighted by Gasteiger charge is 2.52. The summed E-state index contributed by atoms with van der Waals surface area (Å²) in [6.45, 7) is 12.1.